The maximum absolute atomic E-state index is 9.54. The van der Waals surface area contributed by atoms with Crippen molar-refractivity contribution in [1.29, 1.82) is 0 Å². The molecule has 0 aliphatic heterocycles. The summed E-state index contributed by atoms with van der Waals surface area (Å²) in [6.07, 6.45) is 5.94. The molecular weight excluding hydrogens is 236 g/mol. The monoisotopic (exact) mass is 272 g/mol. The summed E-state index contributed by atoms with van der Waals surface area (Å²) < 4.78 is 0. The van der Waals surface area contributed by atoms with Crippen LogP contribution in [-0.4, -0.2) is 47.8 Å². The van der Waals surface area contributed by atoms with Crippen LogP contribution in [0.4, 0.5) is 0 Å². The second-order valence-electron chi connectivity index (χ2n) is 6.32. The van der Waals surface area contributed by atoms with E-state index in [4.69, 9.17) is 0 Å². The Labute approximate surface area is 120 Å². The number of rotatable bonds is 12. The fourth-order valence-electron chi connectivity index (χ4n) is 2.71. The number of hydrogen-bond donors (Lipinski definition) is 2. The summed E-state index contributed by atoms with van der Waals surface area (Å²) in [5.41, 5.74) is -0.117. The highest BCUT2D eigenvalue weighted by molar-refractivity contribution is 4.83. The van der Waals surface area contributed by atoms with Crippen LogP contribution >= 0.6 is 0 Å². The molecule has 0 aliphatic rings. The van der Waals surface area contributed by atoms with Crippen LogP contribution in [0.1, 0.15) is 66.7 Å². The summed E-state index contributed by atoms with van der Waals surface area (Å²) in [7, 11) is 0. The van der Waals surface area contributed by atoms with Crippen LogP contribution < -0.4 is 5.32 Å². The molecule has 0 aromatic carbocycles. The van der Waals surface area contributed by atoms with Gasteiger partial charge in [0.1, 0.15) is 0 Å². The van der Waals surface area contributed by atoms with Crippen molar-refractivity contribution in [1.82, 2.24) is 10.2 Å². The molecule has 0 bridgehead atoms. The quantitative estimate of drug-likeness (QED) is 0.536. The Morgan fingerprint density at radius 1 is 1.05 bits per heavy atom. The highest BCUT2D eigenvalue weighted by Gasteiger charge is 2.23. The van der Waals surface area contributed by atoms with E-state index in [0.29, 0.717) is 6.04 Å². The lowest BCUT2D eigenvalue weighted by atomic mass is 9.94. The summed E-state index contributed by atoms with van der Waals surface area (Å²) in [5.74, 6) is 0. The molecular formula is C16H36N2O. The van der Waals surface area contributed by atoms with Crippen molar-refractivity contribution in [3.63, 3.8) is 0 Å². The van der Waals surface area contributed by atoms with Gasteiger partial charge >= 0.3 is 0 Å². The summed E-state index contributed by atoms with van der Waals surface area (Å²) in [4.78, 5) is 2.56. The summed E-state index contributed by atoms with van der Waals surface area (Å²) in [6, 6.07) is 0.425. The molecule has 0 amide bonds. The smallest absolute Gasteiger partial charge is 0.0610 e. The van der Waals surface area contributed by atoms with Crippen molar-refractivity contribution in [2.75, 3.05) is 26.2 Å². The van der Waals surface area contributed by atoms with Crippen molar-refractivity contribution in [3.8, 4) is 0 Å². The average Bonchev–Trinajstić information content (AvgIpc) is 2.34. The maximum Gasteiger partial charge on any atom is 0.0610 e. The number of hydrogen-bond acceptors (Lipinski definition) is 3. The molecule has 0 saturated carbocycles. The molecule has 0 aromatic heterocycles. The zero-order chi connectivity index (χ0) is 14.7. The third kappa shape index (κ3) is 9.42. The molecule has 0 aliphatic carbocycles. The lowest BCUT2D eigenvalue weighted by molar-refractivity contribution is 0.152. The Morgan fingerprint density at radius 3 is 2.05 bits per heavy atom. The van der Waals surface area contributed by atoms with Gasteiger partial charge in [-0.2, -0.15) is 0 Å². The first-order valence-electron chi connectivity index (χ1n) is 8.08. The minimum atomic E-state index is -0.117. The molecule has 19 heavy (non-hydrogen) atoms. The van der Waals surface area contributed by atoms with Gasteiger partial charge < -0.3 is 15.3 Å². The topological polar surface area (TPSA) is 35.5 Å². The molecule has 1 unspecified atom stereocenters. The number of aliphatic hydroxyl groups is 1. The predicted molar refractivity (Wildman–Crippen MR) is 84.6 cm³/mol. The van der Waals surface area contributed by atoms with Crippen LogP contribution in [0.2, 0.25) is 0 Å². The van der Waals surface area contributed by atoms with Crippen LogP contribution in [-0.2, 0) is 0 Å². The minimum absolute atomic E-state index is 0.117. The zero-order valence-electron chi connectivity index (χ0n) is 13.8. The highest BCUT2D eigenvalue weighted by Crippen LogP contribution is 2.14. The van der Waals surface area contributed by atoms with Gasteiger partial charge in [0.25, 0.3) is 0 Å². The molecule has 0 fully saturated rings. The molecule has 3 nitrogen and oxygen atoms in total. The first-order valence-corrected chi connectivity index (χ1v) is 8.08. The summed E-state index contributed by atoms with van der Waals surface area (Å²) >= 11 is 0. The van der Waals surface area contributed by atoms with Crippen LogP contribution in [0.3, 0.4) is 0 Å². The molecule has 0 heterocycles. The van der Waals surface area contributed by atoms with Gasteiger partial charge in [0.15, 0.2) is 0 Å². The third-order valence-corrected chi connectivity index (χ3v) is 3.52. The number of aliphatic hydroxyl groups excluding tert-OH is 1. The van der Waals surface area contributed by atoms with Gasteiger partial charge in [-0.1, -0.05) is 34.1 Å². The van der Waals surface area contributed by atoms with Crippen LogP contribution in [0.25, 0.3) is 0 Å². The van der Waals surface area contributed by atoms with Crippen LogP contribution in [0.15, 0.2) is 0 Å². The third-order valence-electron chi connectivity index (χ3n) is 3.52. The fourth-order valence-corrected chi connectivity index (χ4v) is 2.71. The molecule has 0 aromatic rings. The SMILES string of the molecule is CCCN(CCC)CCCCC(C)(CO)NC(C)C. The predicted octanol–water partition coefficient (Wildman–Crippen LogP) is 3.03. The highest BCUT2D eigenvalue weighted by atomic mass is 16.3. The van der Waals surface area contributed by atoms with E-state index >= 15 is 0 Å². The Hall–Kier alpha value is -0.120. The molecule has 116 valence electrons. The average molecular weight is 272 g/mol. The van der Waals surface area contributed by atoms with Crippen LogP contribution in [0.5, 0.6) is 0 Å². The van der Waals surface area contributed by atoms with E-state index in [1.54, 1.807) is 0 Å². The Bertz CT molecular complexity index is 203. The first-order chi connectivity index (χ1) is 8.97. The van der Waals surface area contributed by atoms with E-state index < -0.39 is 0 Å². The van der Waals surface area contributed by atoms with Crippen molar-refractivity contribution in [3.05, 3.63) is 0 Å². The fraction of sp³-hybridized carbons (Fsp3) is 1.00. The van der Waals surface area contributed by atoms with Crippen molar-refractivity contribution in [2.24, 2.45) is 0 Å². The maximum atomic E-state index is 9.54. The molecule has 1 atom stereocenters. The number of unbranched alkanes of at least 4 members (excludes halogenated alkanes) is 1. The Morgan fingerprint density at radius 2 is 1.63 bits per heavy atom. The first kappa shape index (κ1) is 18.9. The van der Waals surface area contributed by atoms with Gasteiger partial charge in [-0.05, 0) is 52.2 Å². The van der Waals surface area contributed by atoms with Gasteiger partial charge in [-0.15, -0.1) is 0 Å². The van der Waals surface area contributed by atoms with Crippen molar-refractivity contribution < 1.29 is 5.11 Å². The lowest BCUT2D eigenvalue weighted by Gasteiger charge is -2.31. The Kier molecular flexibility index (Phi) is 10.6. The zero-order valence-corrected chi connectivity index (χ0v) is 13.8. The molecule has 0 saturated heterocycles. The number of nitrogens with zero attached hydrogens (tertiary/aromatic N) is 1. The van der Waals surface area contributed by atoms with Gasteiger partial charge in [0.05, 0.1) is 6.61 Å². The standard InChI is InChI=1S/C16H36N2O/c1-6-11-18(12-7-2)13-9-8-10-16(5,14-19)17-15(3)4/h15,17,19H,6-14H2,1-5H3. The van der Waals surface area contributed by atoms with Crippen LogP contribution in [0, 0.1) is 0 Å². The second-order valence-corrected chi connectivity index (χ2v) is 6.32. The van der Waals surface area contributed by atoms with Gasteiger partial charge in [-0.25, -0.2) is 0 Å². The van der Waals surface area contributed by atoms with Gasteiger partial charge in [0.2, 0.25) is 0 Å². The van der Waals surface area contributed by atoms with E-state index in [-0.39, 0.29) is 12.1 Å². The van der Waals surface area contributed by atoms with E-state index in [1.807, 2.05) is 0 Å². The largest absolute Gasteiger partial charge is 0.394 e. The Balaban J connectivity index is 3.92. The molecule has 0 radical (unpaired) electrons. The summed E-state index contributed by atoms with van der Waals surface area (Å²) in [6.45, 7) is 14.8. The molecule has 3 heteroatoms. The van der Waals surface area contributed by atoms with Crippen molar-refractivity contribution in [2.45, 2.75) is 78.3 Å². The van der Waals surface area contributed by atoms with Gasteiger partial charge in [-0.3, -0.25) is 0 Å². The molecule has 0 spiro atoms. The van der Waals surface area contributed by atoms with E-state index in [1.165, 1.54) is 45.3 Å². The second kappa shape index (κ2) is 10.6. The minimum Gasteiger partial charge on any atom is -0.394 e. The number of nitrogens with one attached hydrogen (secondary N) is 1. The lowest BCUT2D eigenvalue weighted by Crippen LogP contribution is -2.49. The molecule has 2 N–H and O–H groups in total. The van der Waals surface area contributed by atoms with Crippen molar-refractivity contribution >= 4 is 0 Å². The molecule has 0 rings (SSSR count). The van der Waals surface area contributed by atoms with E-state index in [2.05, 4.69) is 44.8 Å². The van der Waals surface area contributed by atoms with E-state index in [9.17, 15) is 5.11 Å². The van der Waals surface area contributed by atoms with Gasteiger partial charge in [0, 0.05) is 11.6 Å². The normalized spacial score (nSPS) is 15.2. The van der Waals surface area contributed by atoms with E-state index in [0.717, 1.165) is 6.42 Å². The summed E-state index contributed by atoms with van der Waals surface area (Å²) in [5, 5.41) is 13.0.